The molecule has 1 unspecified atom stereocenters. The Bertz CT molecular complexity index is 651. The molecule has 0 aliphatic rings. The zero-order valence-corrected chi connectivity index (χ0v) is 12.6. The van der Waals surface area contributed by atoms with E-state index in [0.29, 0.717) is 23.3 Å². The molecule has 21 heavy (non-hydrogen) atoms. The molecule has 0 radical (unpaired) electrons. The summed E-state index contributed by atoms with van der Waals surface area (Å²) in [6.45, 7) is 1.81. The van der Waals surface area contributed by atoms with E-state index in [1.807, 2.05) is 6.92 Å². The number of hydrogen-bond acceptors (Lipinski definition) is 6. The maximum Gasteiger partial charge on any atom is 0.412 e. The van der Waals surface area contributed by atoms with Crippen molar-refractivity contribution in [1.82, 2.24) is 9.97 Å². The lowest BCUT2D eigenvalue weighted by Crippen LogP contribution is -2.13. The minimum Gasteiger partial charge on any atom is -0.461 e. The van der Waals surface area contributed by atoms with Gasteiger partial charge in [0.2, 0.25) is 5.88 Å². The van der Waals surface area contributed by atoms with Crippen molar-refractivity contribution in [2.75, 3.05) is 12.4 Å². The fraction of sp³-hybridized carbons (Fsp3) is 0.154. The van der Waals surface area contributed by atoms with Crippen molar-refractivity contribution in [3.05, 3.63) is 36.0 Å². The Balaban J connectivity index is 2.24. The second-order valence-corrected chi connectivity index (χ2v) is 4.19. The van der Waals surface area contributed by atoms with Crippen LogP contribution in [0.4, 0.5) is 10.6 Å². The number of aromatic nitrogens is 2. The highest BCUT2D eigenvalue weighted by molar-refractivity contribution is 7.10. The molecule has 8 heteroatoms. The summed E-state index contributed by atoms with van der Waals surface area (Å²) in [5.41, 5.74) is 0.779. The van der Waals surface area contributed by atoms with Crippen LogP contribution in [0.1, 0.15) is 5.56 Å². The van der Waals surface area contributed by atoms with Gasteiger partial charge in [-0.15, -0.1) is 0 Å². The van der Waals surface area contributed by atoms with Crippen molar-refractivity contribution >= 4 is 21.4 Å². The summed E-state index contributed by atoms with van der Waals surface area (Å²) in [4.78, 5) is 19.5. The first-order chi connectivity index (χ1) is 10.1. The van der Waals surface area contributed by atoms with Gasteiger partial charge in [-0.2, -0.15) is 4.98 Å². The van der Waals surface area contributed by atoms with Gasteiger partial charge in [-0.05, 0) is 24.6 Å². The molecule has 0 bridgehead atoms. The van der Waals surface area contributed by atoms with Gasteiger partial charge >= 0.3 is 6.09 Å². The van der Waals surface area contributed by atoms with Crippen LogP contribution < -0.4 is 14.6 Å². The Morgan fingerprint density at radius 2 is 2.14 bits per heavy atom. The lowest BCUT2D eigenvalue weighted by Gasteiger charge is -2.11. The first-order valence-electron chi connectivity index (χ1n) is 5.96. The molecule has 7 nitrogen and oxygen atoms in total. The van der Waals surface area contributed by atoms with Crippen LogP contribution in [0.15, 0.2) is 30.5 Å². The molecule has 0 aliphatic carbocycles. The van der Waals surface area contributed by atoms with E-state index in [4.69, 9.17) is 9.26 Å². The molecule has 0 aliphatic heterocycles. The quantitative estimate of drug-likeness (QED) is 0.874. The van der Waals surface area contributed by atoms with Crippen molar-refractivity contribution in [2.24, 2.45) is 0 Å². The van der Waals surface area contributed by atoms with E-state index >= 15 is 0 Å². The summed E-state index contributed by atoms with van der Waals surface area (Å²) in [5, 5.41) is 2.51. The van der Waals surface area contributed by atoms with Crippen LogP contribution >= 0.6 is 9.47 Å². The molecule has 1 N–H and O–H groups in total. The van der Waals surface area contributed by atoms with E-state index in [1.54, 1.807) is 30.5 Å². The van der Waals surface area contributed by atoms with Gasteiger partial charge in [0.25, 0.3) is 5.88 Å². The standard InChI is InChI=1S/C13H14N3O4P/c1-8-5-6-10(15-11(8)16-13(17)18-2)19-9-4-3-7-14-12(9)20-21/h3-7H,21H2,1-2H3,(H,15,16,17). The van der Waals surface area contributed by atoms with Gasteiger partial charge in [0.15, 0.2) is 5.75 Å². The first-order valence-corrected chi connectivity index (χ1v) is 6.43. The SMILES string of the molecule is COC(=O)Nc1nc(Oc2cccnc2OP)ccc1C. The molecule has 2 aromatic rings. The van der Waals surface area contributed by atoms with Gasteiger partial charge in [-0.25, -0.2) is 9.78 Å². The van der Waals surface area contributed by atoms with Gasteiger partial charge in [0.05, 0.1) is 16.6 Å². The molecule has 2 aromatic heterocycles. The van der Waals surface area contributed by atoms with Crippen LogP contribution in [0.25, 0.3) is 0 Å². The average Bonchev–Trinajstić information content (AvgIpc) is 2.51. The Kier molecular flexibility index (Phi) is 4.90. The monoisotopic (exact) mass is 307 g/mol. The molecule has 0 spiro atoms. The number of ether oxygens (including phenoxy) is 2. The number of anilines is 1. The van der Waals surface area contributed by atoms with E-state index < -0.39 is 6.09 Å². The van der Waals surface area contributed by atoms with Crippen molar-refractivity contribution in [2.45, 2.75) is 6.92 Å². The van der Waals surface area contributed by atoms with Gasteiger partial charge < -0.3 is 14.0 Å². The molecule has 110 valence electrons. The maximum absolute atomic E-state index is 11.3. The molecule has 0 fully saturated rings. The van der Waals surface area contributed by atoms with E-state index in [0.717, 1.165) is 5.56 Å². The Morgan fingerprint density at radius 3 is 2.86 bits per heavy atom. The molecule has 1 amide bonds. The summed E-state index contributed by atoms with van der Waals surface area (Å²) in [6, 6.07) is 6.86. The molecule has 1 atom stereocenters. The number of nitrogens with one attached hydrogen (secondary N) is 1. The zero-order valence-electron chi connectivity index (χ0n) is 11.5. The van der Waals surface area contributed by atoms with E-state index in [2.05, 4.69) is 29.5 Å². The highest BCUT2D eigenvalue weighted by Crippen LogP contribution is 2.30. The maximum atomic E-state index is 11.3. The molecular formula is C13H14N3O4P. The molecule has 2 heterocycles. The summed E-state index contributed by atoms with van der Waals surface area (Å²) in [5.74, 6) is 1.38. The van der Waals surface area contributed by atoms with Crippen molar-refractivity contribution in [1.29, 1.82) is 0 Å². The molecule has 0 saturated heterocycles. The summed E-state index contributed by atoms with van der Waals surface area (Å²) >= 11 is 0. The summed E-state index contributed by atoms with van der Waals surface area (Å²) in [7, 11) is 3.38. The van der Waals surface area contributed by atoms with E-state index in [-0.39, 0.29) is 0 Å². The number of amides is 1. The van der Waals surface area contributed by atoms with Crippen LogP contribution in [0.3, 0.4) is 0 Å². The highest BCUT2D eigenvalue weighted by Gasteiger charge is 2.10. The number of nitrogens with zero attached hydrogens (tertiary/aromatic N) is 2. The Morgan fingerprint density at radius 1 is 1.33 bits per heavy atom. The Labute approximate surface area is 123 Å². The van der Waals surface area contributed by atoms with Gasteiger partial charge in [0, 0.05) is 12.3 Å². The fourth-order valence-corrected chi connectivity index (χ4v) is 1.67. The molecule has 2 rings (SSSR count). The third-order valence-corrected chi connectivity index (χ3v) is 2.76. The third kappa shape index (κ3) is 3.79. The summed E-state index contributed by atoms with van der Waals surface area (Å²) < 4.78 is 15.2. The zero-order chi connectivity index (χ0) is 15.2. The Hall–Kier alpha value is -2.40. The van der Waals surface area contributed by atoms with Crippen LogP contribution in [0.2, 0.25) is 0 Å². The van der Waals surface area contributed by atoms with Crippen molar-refractivity contribution in [3.63, 3.8) is 0 Å². The second kappa shape index (κ2) is 6.85. The number of carbonyl (C=O) groups excluding carboxylic acids is 1. The highest BCUT2D eigenvalue weighted by atomic mass is 31.0. The largest absolute Gasteiger partial charge is 0.461 e. The fourth-order valence-electron chi connectivity index (χ4n) is 1.50. The van der Waals surface area contributed by atoms with Crippen molar-refractivity contribution < 1.29 is 18.8 Å². The van der Waals surface area contributed by atoms with Crippen LogP contribution in [-0.4, -0.2) is 23.2 Å². The van der Waals surface area contributed by atoms with Crippen LogP contribution in [-0.2, 0) is 4.74 Å². The molecule has 0 aromatic carbocycles. The van der Waals surface area contributed by atoms with Crippen molar-refractivity contribution in [3.8, 4) is 17.5 Å². The number of hydrogen-bond donors (Lipinski definition) is 1. The van der Waals surface area contributed by atoms with E-state index in [9.17, 15) is 4.79 Å². The van der Waals surface area contributed by atoms with Gasteiger partial charge in [-0.3, -0.25) is 5.32 Å². The third-order valence-electron chi connectivity index (χ3n) is 2.54. The lowest BCUT2D eigenvalue weighted by molar-refractivity contribution is 0.187. The number of aryl methyl sites for hydroxylation is 1. The predicted molar refractivity (Wildman–Crippen MR) is 79.7 cm³/mol. The second-order valence-electron chi connectivity index (χ2n) is 3.96. The van der Waals surface area contributed by atoms with Crippen LogP contribution in [0.5, 0.6) is 17.5 Å². The number of rotatable bonds is 4. The lowest BCUT2D eigenvalue weighted by atomic mass is 10.3. The molecule has 0 saturated carbocycles. The number of pyridine rings is 2. The van der Waals surface area contributed by atoms with Gasteiger partial charge in [0.1, 0.15) is 5.82 Å². The smallest absolute Gasteiger partial charge is 0.412 e. The van der Waals surface area contributed by atoms with Gasteiger partial charge in [-0.1, -0.05) is 6.07 Å². The predicted octanol–water partition coefficient (Wildman–Crippen LogP) is 2.92. The minimum absolute atomic E-state index is 0.295. The normalized spacial score (nSPS) is 9.86. The number of carbonyl (C=O) groups is 1. The average molecular weight is 307 g/mol. The minimum atomic E-state index is -0.599. The number of methoxy groups -OCH3 is 1. The van der Waals surface area contributed by atoms with E-state index in [1.165, 1.54) is 7.11 Å². The topological polar surface area (TPSA) is 82.6 Å². The summed E-state index contributed by atoms with van der Waals surface area (Å²) in [6.07, 6.45) is 0.983. The molecular weight excluding hydrogens is 293 g/mol. The first kappa shape index (κ1) is 15.0. The van der Waals surface area contributed by atoms with Crippen LogP contribution in [0, 0.1) is 6.92 Å².